The van der Waals surface area contributed by atoms with Crippen molar-refractivity contribution in [3.05, 3.63) is 71.0 Å². The first-order valence-electron chi connectivity index (χ1n) is 14.6. The molecule has 0 unspecified atom stereocenters. The minimum absolute atomic E-state index is 0.0363. The number of sulfonamides is 1. The fraction of sp³-hybridized carbons (Fsp3) is 0.433. The number of Topliss-reactive ketones (excluding diaryl/α,β-unsaturated/α-hetero) is 1. The zero-order valence-corrected chi connectivity index (χ0v) is 25.3. The molecule has 3 aromatic heterocycles. The summed E-state index contributed by atoms with van der Waals surface area (Å²) in [4.78, 5) is 45.8. The number of nitrogens with zero attached hydrogens (tertiary/aromatic N) is 3. The number of rotatable bonds is 9. The minimum Gasteiger partial charge on any atom is -0.618 e. The highest BCUT2D eigenvalue weighted by Gasteiger charge is 2.37. The Morgan fingerprint density at radius 3 is 2.58 bits per heavy atom. The maximum Gasteiger partial charge on any atom is 0.323 e. The van der Waals surface area contributed by atoms with Crippen LogP contribution in [0, 0.1) is 11.1 Å². The van der Waals surface area contributed by atoms with Gasteiger partial charge in [-0.25, -0.2) is 8.42 Å². The first kappa shape index (κ1) is 30.8. The van der Waals surface area contributed by atoms with E-state index in [-0.39, 0.29) is 29.5 Å². The van der Waals surface area contributed by atoms with Crippen LogP contribution in [0.15, 0.2) is 66.0 Å². The Labute approximate surface area is 255 Å². The Hall–Kier alpha value is -3.68. The standard InChI is InChI=1S/C30H35N5O6S2/c36-25-20-34(43(40,41)28-13-5-7-18-35(28)39)17-8-12-22(25)32-29(37)24(19-21-9-2-1-3-10-21)33-30(38)27-15-14-26(42-27)23-11-4-6-16-31-23/h4-7,11,13-16,18,21-22,24H,1-3,8-10,12,17,19-20H2,(H,32,37)(H,33,38)/t22-,24+/m1/s1. The van der Waals surface area contributed by atoms with Gasteiger partial charge in [-0.3, -0.25) is 19.4 Å². The van der Waals surface area contributed by atoms with Crippen LogP contribution >= 0.6 is 11.3 Å². The molecule has 11 nitrogen and oxygen atoms in total. The number of carbonyl (C=O) groups excluding carboxylic acids is 3. The van der Waals surface area contributed by atoms with Crippen LogP contribution in [-0.2, 0) is 19.6 Å². The highest BCUT2D eigenvalue weighted by Crippen LogP contribution is 2.29. The van der Waals surface area contributed by atoms with E-state index in [0.29, 0.717) is 17.7 Å². The number of amides is 2. The van der Waals surface area contributed by atoms with Gasteiger partial charge in [0.15, 0.2) is 12.0 Å². The average Bonchev–Trinajstić information content (AvgIpc) is 3.44. The minimum atomic E-state index is -4.21. The van der Waals surface area contributed by atoms with E-state index in [2.05, 4.69) is 15.6 Å². The van der Waals surface area contributed by atoms with Crippen molar-refractivity contribution in [2.45, 2.75) is 68.5 Å². The van der Waals surface area contributed by atoms with E-state index in [0.717, 1.165) is 53.2 Å². The second kappa shape index (κ2) is 13.7. The van der Waals surface area contributed by atoms with E-state index in [4.69, 9.17) is 0 Å². The summed E-state index contributed by atoms with van der Waals surface area (Å²) in [5.41, 5.74) is 0.753. The van der Waals surface area contributed by atoms with Crippen LogP contribution in [0.4, 0.5) is 0 Å². The maximum atomic E-state index is 13.6. The maximum absolute atomic E-state index is 13.6. The molecule has 43 heavy (non-hydrogen) atoms. The summed E-state index contributed by atoms with van der Waals surface area (Å²) >= 11 is 1.29. The lowest BCUT2D eigenvalue weighted by Gasteiger charge is -2.27. The Bertz CT molecular complexity index is 1560. The molecule has 1 aliphatic carbocycles. The molecule has 4 heterocycles. The molecular formula is C30H35N5O6S2. The van der Waals surface area contributed by atoms with Crippen molar-refractivity contribution in [3.8, 4) is 10.6 Å². The van der Waals surface area contributed by atoms with Crippen molar-refractivity contribution in [1.82, 2.24) is 19.9 Å². The second-order valence-electron chi connectivity index (χ2n) is 11.0. The van der Waals surface area contributed by atoms with Gasteiger partial charge in [0.25, 0.3) is 5.91 Å². The van der Waals surface area contributed by atoms with Crippen molar-refractivity contribution >= 4 is 39.0 Å². The molecule has 1 saturated carbocycles. The van der Waals surface area contributed by atoms with Gasteiger partial charge < -0.3 is 15.8 Å². The van der Waals surface area contributed by atoms with Crippen molar-refractivity contribution in [3.63, 3.8) is 0 Å². The van der Waals surface area contributed by atoms with Gasteiger partial charge in [-0.15, -0.1) is 11.3 Å². The molecule has 228 valence electrons. The van der Waals surface area contributed by atoms with Crippen LogP contribution < -0.4 is 15.4 Å². The summed E-state index contributed by atoms with van der Waals surface area (Å²) in [7, 11) is -4.21. The molecule has 2 atom stereocenters. The molecule has 2 N–H and O–H groups in total. The molecule has 1 aliphatic heterocycles. The number of pyridine rings is 2. The number of thiophene rings is 1. The van der Waals surface area contributed by atoms with E-state index in [9.17, 15) is 28.0 Å². The van der Waals surface area contributed by atoms with Crippen molar-refractivity contribution in [2.24, 2.45) is 5.92 Å². The number of hydrogen-bond acceptors (Lipinski definition) is 8. The van der Waals surface area contributed by atoms with Crippen molar-refractivity contribution in [2.75, 3.05) is 13.1 Å². The van der Waals surface area contributed by atoms with Gasteiger partial charge in [-0.2, -0.15) is 9.04 Å². The number of nitrogens with one attached hydrogen (secondary N) is 2. The summed E-state index contributed by atoms with van der Waals surface area (Å²) in [6, 6.07) is 11.4. The third kappa shape index (κ3) is 7.46. The van der Waals surface area contributed by atoms with Gasteiger partial charge in [0.1, 0.15) is 6.04 Å². The summed E-state index contributed by atoms with van der Waals surface area (Å²) in [6.07, 6.45) is 9.01. The fourth-order valence-electron chi connectivity index (χ4n) is 5.69. The normalized spacial score (nSPS) is 19.3. The Kier molecular flexibility index (Phi) is 9.83. The van der Waals surface area contributed by atoms with Gasteiger partial charge in [-0.1, -0.05) is 38.2 Å². The van der Waals surface area contributed by atoms with E-state index < -0.39 is 45.4 Å². The summed E-state index contributed by atoms with van der Waals surface area (Å²) in [5.74, 6) is -1.03. The molecule has 2 aliphatic rings. The van der Waals surface area contributed by atoms with Crippen LogP contribution in [-0.4, -0.2) is 60.5 Å². The lowest BCUT2D eigenvalue weighted by atomic mass is 9.84. The fourth-order valence-corrected chi connectivity index (χ4v) is 8.05. The van der Waals surface area contributed by atoms with Crippen LogP contribution in [0.1, 0.15) is 61.0 Å². The smallest absolute Gasteiger partial charge is 0.323 e. The molecule has 5 rings (SSSR count). The summed E-state index contributed by atoms with van der Waals surface area (Å²) in [6.45, 7) is -0.429. The highest BCUT2D eigenvalue weighted by molar-refractivity contribution is 7.89. The van der Waals surface area contributed by atoms with Gasteiger partial charge in [0, 0.05) is 24.9 Å². The predicted octanol–water partition coefficient (Wildman–Crippen LogP) is 3.05. The molecule has 0 radical (unpaired) electrons. The van der Waals surface area contributed by atoms with E-state index >= 15 is 0 Å². The Balaban J connectivity index is 1.28. The van der Waals surface area contributed by atoms with Crippen LogP contribution in [0.2, 0.25) is 0 Å². The first-order valence-corrected chi connectivity index (χ1v) is 16.8. The Morgan fingerprint density at radius 1 is 1.05 bits per heavy atom. The van der Waals surface area contributed by atoms with E-state index in [1.807, 2.05) is 24.3 Å². The van der Waals surface area contributed by atoms with Gasteiger partial charge in [0.05, 0.1) is 28.0 Å². The molecule has 1 saturated heterocycles. The number of carbonyl (C=O) groups is 3. The zero-order chi connectivity index (χ0) is 30.4. The second-order valence-corrected chi connectivity index (χ2v) is 14.0. The molecule has 3 aromatic rings. The summed E-state index contributed by atoms with van der Waals surface area (Å²) < 4.78 is 27.5. The summed E-state index contributed by atoms with van der Waals surface area (Å²) in [5, 5.41) is 17.4. The van der Waals surface area contributed by atoms with Crippen LogP contribution in [0.5, 0.6) is 0 Å². The zero-order valence-electron chi connectivity index (χ0n) is 23.7. The van der Waals surface area contributed by atoms with E-state index in [1.54, 1.807) is 12.3 Å². The topological polar surface area (TPSA) is 152 Å². The van der Waals surface area contributed by atoms with Crippen LogP contribution in [0.3, 0.4) is 0 Å². The van der Waals surface area contributed by atoms with Gasteiger partial charge >= 0.3 is 15.0 Å². The molecule has 0 aromatic carbocycles. The average molecular weight is 626 g/mol. The number of aromatic nitrogens is 2. The third-order valence-electron chi connectivity index (χ3n) is 7.99. The lowest BCUT2D eigenvalue weighted by Crippen LogP contribution is -2.53. The molecule has 2 fully saturated rings. The quantitative estimate of drug-likeness (QED) is 0.274. The SMILES string of the molecule is O=C(N[C@@H](CC1CCCCC1)C(=O)N[C@@H]1CCCN(S(=O)(=O)c2cccc[n+]2[O-])CC1=O)c1ccc(-c2ccccn2)s1. The van der Waals surface area contributed by atoms with Gasteiger partial charge in [-0.05, 0) is 55.5 Å². The first-order chi connectivity index (χ1) is 20.7. The molecule has 0 bridgehead atoms. The van der Waals surface area contributed by atoms with E-state index in [1.165, 1.54) is 29.5 Å². The monoisotopic (exact) mass is 625 g/mol. The highest BCUT2D eigenvalue weighted by atomic mass is 32.2. The third-order valence-corrected chi connectivity index (χ3v) is 10.9. The van der Waals surface area contributed by atoms with Crippen LogP contribution in [0.25, 0.3) is 10.6 Å². The van der Waals surface area contributed by atoms with Crippen molar-refractivity contribution in [1.29, 1.82) is 0 Å². The molecule has 13 heteroatoms. The molecule has 2 amide bonds. The number of ketones is 1. The Morgan fingerprint density at radius 2 is 1.84 bits per heavy atom. The predicted molar refractivity (Wildman–Crippen MR) is 160 cm³/mol. The number of hydrogen-bond donors (Lipinski definition) is 2. The lowest BCUT2D eigenvalue weighted by molar-refractivity contribution is -0.646. The van der Waals surface area contributed by atoms with Gasteiger partial charge in [0.2, 0.25) is 5.91 Å². The van der Waals surface area contributed by atoms with Crippen molar-refractivity contribution < 1.29 is 27.5 Å². The molecular weight excluding hydrogens is 590 g/mol. The molecule has 0 spiro atoms. The largest absolute Gasteiger partial charge is 0.618 e.